The van der Waals surface area contributed by atoms with Gasteiger partial charge in [-0.1, -0.05) is 6.92 Å². The number of aliphatic hydroxyl groups is 1. The standard InChI is InChI=1S/C14H19FN2O/c1-4-17(10-14(2,3)18)9-12-7-11(8-16)5-6-13(12)15/h5-7,18H,4,9-10H2,1-3H3. The second-order valence-electron chi connectivity index (χ2n) is 5.03. The molecule has 0 atom stereocenters. The lowest BCUT2D eigenvalue weighted by Gasteiger charge is -2.28. The summed E-state index contributed by atoms with van der Waals surface area (Å²) in [6.45, 7) is 6.95. The Hall–Kier alpha value is -1.44. The molecule has 3 nitrogen and oxygen atoms in total. The van der Waals surface area contributed by atoms with E-state index in [-0.39, 0.29) is 5.82 Å². The molecular weight excluding hydrogens is 231 g/mol. The number of hydrogen-bond donors (Lipinski definition) is 1. The highest BCUT2D eigenvalue weighted by Gasteiger charge is 2.18. The van der Waals surface area contributed by atoms with Crippen LogP contribution in [0.2, 0.25) is 0 Å². The summed E-state index contributed by atoms with van der Waals surface area (Å²) in [6, 6.07) is 6.33. The zero-order valence-electron chi connectivity index (χ0n) is 11.1. The highest BCUT2D eigenvalue weighted by atomic mass is 19.1. The van der Waals surface area contributed by atoms with Crippen molar-refractivity contribution in [2.75, 3.05) is 13.1 Å². The van der Waals surface area contributed by atoms with Crippen LogP contribution in [0.5, 0.6) is 0 Å². The molecule has 0 aliphatic carbocycles. The number of nitriles is 1. The maximum Gasteiger partial charge on any atom is 0.127 e. The van der Waals surface area contributed by atoms with Crippen LogP contribution in [0.1, 0.15) is 31.9 Å². The van der Waals surface area contributed by atoms with Gasteiger partial charge in [-0.15, -0.1) is 0 Å². The van der Waals surface area contributed by atoms with Crippen LogP contribution >= 0.6 is 0 Å². The summed E-state index contributed by atoms with van der Waals surface area (Å²) in [5, 5.41) is 18.6. The second-order valence-corrected chi connectivity index (χ2v) is 5.03. The second kappa shape index (κ2) is 5.94. The van der Waals surface area contributed by atoms with Crippen molar-refractivity contribution in [3.63, 3.8) is 0 Å². The number of hydrogen-bond acceptors (Lipinski definition) is 3. The Morgan fingerprint density at radius 3 is 2.61 bits per heavy atom. The number of halogens is 1. The summed E-state index contributed by atoms with van der Waals surface area (Å²) in [5.74, 6) is -0.316. The van der Waals surface area contributed by atoms with Crippen LogP contribution in [0.4, 0.5) is 4.39 Å². The van der Waals surface area contributed by atoms with Gasteiger partial charge >= 0.3 is 0 Å². The smallest absolute Gasteiger partial charge is 0.127 e. The third kappa shape index (κ3) is 4.44. The molecule has 1 N–H and O–H groups in total. The summed E-state index contributed by atoms with van der Waals surface area (Å²) >= 11 is 0. The monoisotopic (exact) mass is 250 g/mol. The molecule has 1 aromatic rings. The fourth-order valence-corrected chi connectivity index (χ4v) is 1.83. The van der Waals surface area contributed by atoms with E-state index in [1.54, 1.807) is 19.9 Å². The topological polar surface area (TPSA) is 47.3 Å². The fourth-order valence-electron chi connectivity index (χ4n) is 1.83. The number of likely N-dealkylation sites (N-methyl/N-ethyl adjacent to an activating group) is 1. The van der Waals surface area contributed by atoms with E-state index in [2.05, 4.69) is 0 Å². The van der Waals surface area contributed by atoms with E-state index in [0.29, 0.717) is 30.8 Å². The van der Waals surface area contributed by atoms with Crippen molar-refractivity contribution in [1.29, 1.82) is 5.26 Å². The summed E-state index contributed by atoms with van der Waals surface area (Å²) < 4.78 is 13.6. The quantitative estimate of drug-likeness (QED) is 0.872. The van der Waals surface area contributed by atoms with Gasteiger partial charge in [0.2, 0.25) is 0 Å². The van der Waals surface area contributed by atoms with Crippen LogP contribution in [0.3, 0.4) is 0 Å². The van der Waals surface area contributed by atoms with E-state index < -0.39 is 5.60 Å². The van der Waals surface area contributed by atoms with Crippen LogP contribution in [0.15, 0.2) is 18.2 Å². The Bertz CT molecular complexity index is 446. The number of benzene rings is 1. The minimum absolute atomic E-state index is 0.316. The molecule has 0 amide bonds. The molecule has 0 bridgehead atoms. The molecule has 0 saturated carbocycles. The Balaban J connectivity index is 2.85. The zero-order chi connectivity index (χ0) is 13.8. The Morgan fingerprint density at radius 1 is 1.44 bits per heavy atom. The van der Waals surface area contributed by atoms with E-state index in [4.69, 9.17) is 5.26 Å². The zero-order valence-corrected chi connectivity index (χ0v) is 11.1. The normalized spacial score (nSPS) is 11.6. The molecule has 0 fully saturated rings. The van der Waals surface area contributed by atoms with Crippen molar-refractivity contribution in [3.05, 3.63) is 35.1 Å². The minimum atomic E-state index is -0.820. The first-order valence-electron chi connectivity index (χ1n) is 5.99. The molecule has 0 saturated heterocycles. The predicted octanol–water partition coefficient (Wildman–Crippen LogP) is 2.29. The maximum atomic E-state index is 13.6. The summed E-state index contributed by atoms with van der Waals surface area (Å²) in [7, 11) is 0. The molecule has 0 aliphatic heterocycles. The van der Waals surface area contributed by atoms with Gasteiger partial charge in [-0.25, -0.2) is 4.39 Å². The summed E-state index contributed by atoms with van der Waals surface area (Å²) in [5.41, 5.74) is 0.116. The predicted molar refractivity (Wildman–Crippen MR) is 68.4 cm³/mol. The van der Waals surface area contributed by atoms with Crippen LogP contribution in [-0.4, -0.2) is 28.7 Å². The molecule has 98 valence electrons. The Kier molecular flexibility index (Phi) is 4.83. The SMILES string of the molecule is CCN(Cc1cc(C#N)ccc1F)CC(C)(C)O. The average Bonchev–Trinajstić information content (AvgIpc) is 2.29. The molecule has 0 heterocycles. The van der Waals surface area contributed by atoms with Crippen molar-refractivity contribution in [3.8, 4) is 6.07 Å². The molecule has 18 heavy (non-hydrogen) atoms. The first-order chi connectivity index (χ1) is 8.35. The highest BCUT2D eigenvalue weighted by Crippen LogP contribution is 2.14. The van der Waals surface area contributed by atoms with Crippen molar-refractivity contribution in [2.45, 2.75) is 32.9 Å². The van der Waals surface area contributed by atoms with Gasteiger partial charge in [0, 0.05) is 18.7 Å². The highest BCUT2D eigenvalue weighted by molar-refractivity contribution is 5.33. The van der Waals surface area contributed by atoms with Crippen LogP contribution in [0.25, 0.3) is 0 Å². The van der Waals surface area contributed by atoms with Crippen LogP contribution in [-0.2, 0) is 6.54 Å². The van der Waals surface area contributed by atoms with Crippen molar-refractivity contribution in [2.24, 2.45) is 0 Å². The van der Waals surface area contributed by atoms with Crippen LogP contribution < -0.4 is 0 Å². The van der Waals surface area contributed by atoms with E-state index in [9.17, 15) is 9.50 Å². The third-order valence-corrected chi connectivity index (χ3v) is 2.63. The van der Waals surface area contributed by atoms with Gasteiger partial charge in [0.1, 0.15) is 5.82 Å². The Morgan fingerprint density at radius 2 is 2.11 bits per heavy atom. The van der Waals surface area contributed by atoms with Gasteiger partial charge in [0.05, 0.1) is 17.2 Å². The molecule has 0 radical (unpaired) electrons. The van der Waals surface area contributed by atoms with E-state index in [1.807, 2.05) is 17.9 Å². The van der Waals surface area contributed by atoms with Crippen molar-refractivity contribution >= 4 is 0 Å². The molecule has 0 spiro atoms. The van der Waals surface area contributed by atoms with Gasteiger partial charge in [0.25, 0.3) is 0 Å². The summed E-state index contributed by atoms with van der Waals surface area (Å²) in [4.78, 5) is 1.94. The van der Waals surface area contributed by atoms with Crippen LogP contribution in [0, 0.1) is 17.1 Å². The van der Waals surface area contributed by atoms with Crippen molar-refractivity contribution < 1.29 is 9.50 Å². The van der Waals surface area contributed by atoms with Gasteiger partial charge in [0.15, 0.2) is 0 Å². The van der Waals surface area contributed by atoms with E-state index in [0.717, 1.165) is 0 Å². The molecule has 0 aromatic heterocycles. The first-order valence-corrected chi connectivity index (χ1v) is 5.99. The van der Waals surface area contributed by atoms with Gasteiger partial charge in [-0.05, 0) is 38.6 Å². The number of rotatable bonds is 5. The lowest BCUT2D eigenvalue weighted by Crippen LogP contribution is -2.38. The van der Waals surface area contributed by atoms with E-state index in [1.165, 1.54) is 12.1 Å². The van der Waals surface area contributed by atoms with Gasteiger partial charge in [-0.2, -0.15) is 5.26 Å². The third-order valence-electron chi connectivity index (χ3n) is 2.63. The minimum Gasteiger partial charge on any atom is -0.389 e. The molecule has 0 unspecified atom stereocenters. The van der Waals surface area contributed by atoms with E-state index >= 15 is 0 Å². The Labute approximate surface area is 107 Å². The molecule has 1 rings (SSSR count). The lowest BCUT2D eigenvalue weighted by atomic mass is 10.1. The lowest BCUT2D eigenvalue weighted by molar-refractivity contribution is 0.0350. The van der Waals surface area contributed by atoms with Gasteiger partial charge < -0.3 is 5.11 Å². The molecule has 0 aliphatic rings. The summed E-state index contributed by atoms with van der Waals surface area (Å²) in [6.07, 6.45) is 0. The largest absolute Gasteiger partial charge is 0.389 e. The molecule has 1 aromatic carbocycles. The maximum absolute atomic E-state index is 13.6. The van der Waals surface area contributed by atoms with Crippen molar-refractivity contribution in [1.82, 2.24) is 4.90 Å². The fraction of sp³-hybridized carbons (Fsp3) is 0.500. The first kappa shape index (κ1) is 14.6. The average molecular weight is 250 g/mol. The van der Waals surface area contributed by atoms with Gasteiger partial charge in [-0.3, -0.25) is 4.90 Å². The molecule has 4 heteroatoms. The number of nitrogens with zero attached hydrogens (tertiary/aromatic N) is 2. The molecular formula is C14H19FN2O.